The van der Waals surface area contributed by atoms with Gasteiger partial charge in [0.15, 0.2) is 5.17 Å². The van der Waals surface area contributed by atoms with E-state index in [1.165, 1.54) is 24.3 Å². The van der Waals surface area contributed by atoms with Crippen molar-refractivity contribution in [1.82, 2.24) is 4.90 Å². The molecule has 1 heterocycles. The van der Waals surface area contributed by atoms with Crippen molar-refractivity contribution >= 4 is 34.4 Å². The number of ether oxygens (including phenoxy) is 1. The summed E-state index contributed by atoms with van der Waals surface area (Å²) in [6.45, 7) is 0.406. The summed E-state index contributed by atoms with van der Waals surface area (Å²) in [7, 11) is 1.60. The van der Waals surface area contributed by atoms with E-state index in [0.29, 0.717) is 23.8 Å². The maximum absolute atomic E-state index is 13.1. The number of benzene rings is 2. The van der Waals surface area contributed by atoms with Gasteiger partial charge in [-0.3, -0.25) is 14.5 Å². The van der Waals surface area contributed by atoms with Crippen LogP contribution >= 0.6 is 11.8 Å². The van der Waals surface area contributed by atoms with Crippen LogP contribution in [-0.2, 0) is 16.0 Å². The molecule has 6 nitrogen and oxygen atoms in total. The average Bonchev–Trinajstić information content (AvgIpc) is 2.69. The van der Waals surface area contributed by atoms with Crippen LogP contribution in [0.3, 0.4) is 0 Å². The number of carbonyl (C=O) groups excluding carboxylic acids is 2. The molecular weight excluding hydrogens is 381 g/mol. The molecule has 0 aliphatic carbocycles. The Morgan fingerprint density at radius 2 is 1.93 bits per heavy atom. The fraction of sp³-hybridized carbons (Fsp3) is 0.250. The molecule has 2 aromatic rings. The summed E-state index contributed by atoms with van der Waals surface area (Å²) >= 11 is 1.16. The van der Waals surface area contributed by atoms with E-state index in [1.54, 1.807) is 12.0 Å². The van der Waals surface area contributed by atoms with Crippen molar-refractivity contribution in [3.63, 3.8) is 0 Å². The van der Waals surface area contributed by atoms with Crippen molar-refractivity contribution in [2.24, 2.45) is 10.7 Å². The van der Waals surface area contributed by atoms with Crippen LogP contribution < -0.4 is 10.5 Å². The second-order valence-corrected chi connectivity index (χ2v) is 7.40. The van der Waals surface area contributed by atoms with Crippen molar-refractivity contribution < 1.29 is 18.7 Å². The Morgan fingerprint density at radius 3 is 2.54 bits per heavy atom. The number of hydrogen-bond donors (Lipinski definition) is 1. The molecule has 0 radical (unpaired) electrons. The molecule has 2 aromatic carbocycles. The first-order valence-corrected chi connectivity index (χ1v) is 9.58. The molecule has 1 saturated heterocycles. The highest BCUT2D eigenvalue weighted by Gasteiger charge is 2.34. The highest BCUT2D eigenvalue weighted by molar-refractivity contribution is 8.15. The first kappa shape index (κ1) is 19.9. The molecule has 1 aliphatic rings. The summed E-state index contributed by atoms with van der Waals surface area (Å²) in [6, 6.07) is 13.2. The molecule has 0 saturated carbocycles. The van der Waals surface area contributed by atoms with Crippen molar-refractivity contribution in [3.05, 3.63) is 59.9 Å². The number of carbonyl (C=O) groups is 2. The smallest absolute Gasteiger partial charge is 0.231 e. The number of thioether (sulfide) groups is 1. The van der Waals surface area contributed by atoms with Gasteiger partial charge in [-0.15, -0.1) is 0 Å². The van der Waals surface area contributed by atoms with Crippen molar-refractivity contribution in [2.75, 3.05) is 13.7 Å². The van der Waals surface area contributed by atoms with Crippen molar-refractivity contribution in [2.45, 2.75) is 18.1 Å². The van der Waals surface area contributed by atoms with Crippen LogP contribution in [0.15, 0.2) is 53.5 Å². The third-order valence-electron chi connectivity index (χ3n) is 4.29. The standard InChI is InChI=1S/C20H20FN3O3S/c1-27-16-8-2-13(3-9-16)10-11-24-18(25)12-17(19(22)26)28-20(24)23-15-6-4-14(21)5-7-15/h2-9,17H,10-12H2,1H3,(H2,22,26). The Hall–Kier alpha value is -2.87. The van der Waals surface area contributed by atoms with E-state index in [9.17, 15) is 14.0 Å². The summed E-state index contributed by atoms with van der Waals surface area (Å²) in [5, 5.41) is -0.274. The normalized spacial score (nSPS) is 18.4. The zero-order valence-electron chi connectivity index (χ0n) is 15.3. The monoisotopic (exact) mass is 401 g/mol. The molecule has 0 aromatic heterocycles. The van der Waals surface area contributed by atoms with E-state index in [-0.39, 0.29) is 18.1 Å². The number of hydrogen-bond acceptors (Lipinski definition) is 5. The first-order valence-electron chi connectivity index (χ1n) is 8.70. The van der Waals surface area contributed by atoms with Crippen LogP contribution in [0.5, 0.6) is 5.75 Å². The summed E-state index contributed by atoms with van der Waals surface area (Å²) in [4.78, 5) is 30.2. The minimum absolute atomic E-state index is 0.0328. The lowest BCUT2D eigenvalue weighted by molar-refractivity contribution is -0.129. The molecule has 8 heteroatoms. The molecule has 0 spiro atoms. The van der Waals surface area contributed by atoms with Gasteiger partial charge in [-0.25, -0.2) is 9.38 Å². The number of nitrogens with zero attached hydrogens (tertiary/aromatic N) is 2. The highest BCUT2D eigenvalue weighted by Crippen LogP contribution is 2.29. The van der Waals surface area contributed by atoms with Gasteiger partial charge < -0.3 is 10.5 Å². The molecule has 146 valence electrons. The average molecular weight is 401 g/mol. The number of amidine groups is 1. The molecular formula is C20H20FN3O3S. The van der Waals surface area contributed by atoms with Crippen LogP contribution in [0.2, 0.25) is 0 Å². The van der Waals surface area contributed by atoms with E-state index in [1.807, 2.05) is 24.3 Å². The van der Waals surface area contributed by atoms with Gasteiger partial charge in [0.1, 0.15) is 11.6 Å². The lowest BCUT2D eigenvalue weighted by Gasteiger charge is -2.31. The van der Waals surface area contributed by atoms with Crippen LogP contribution in [0.1, 0.15) is 12.0 Å². The summed E-state index contributed by atoms with van der Waals surface area (Å²) in [6.07, 6.45) is 0.644. The lowest BCUT2D eigenvalue weighted by Crippen LogP contribution is -2.46. The van der Waals surface area contributed by atoms with Gasteiger partial charge in [0.2, 0.25) is 11.8 Å². The molecule has 1 unspecified atom stereocenters. The quantitative estimate of drug-likeness (QED) is 0.807. The van der Waals surface area contributed by atoms with Crippen molar-refractivity contribution in [1.29, 1.82) is 0 Å². The maximum atomic E-state index is 13.1. The van der Waals surface area contributed by atoms with Gasteiger partial charge in [-0.05, 0) is 48.4 Å². The fourth-order valence-electron chi connectivity index (χ4n) is 2.73. The van der Waals surface area contributed by atoms with Gasteiger partial charge >= 0.3 is 0 Å². The Balaban J connectivity index is 1.81. The third-order valence-corrected chi connectivity index (χ3v) is 5.50. The summed E-state index contributed by atoms with van der Waals surface area (Å²) < 4.78 is 18.3. The Labute approximate surface area is 166 Å². The first-order chi connectivity index (χ1) is 13.5. The number of aliphatic imine (C=N–C) groups is 1. The molecule has 1 fully saturated rings. The molecule has 1 atom stereocenters. The molecule has 1 aliphatic heterocycles. The van der Waals surface area contributed by atoms with Gasteiger partial charge in [0.05, 0.1) is 18.0 Å². The number of methoxy groups -OCH3 is 1. The second-order valence-electron chi connectivity index (χ2n) is 6.23. The predicted octanol–water partition coefficient (Wildman–Crippen LogP) is 2.88. The van der Waals surface area contributed by atoms with Gasteiger partial charge in [0, 0.05) is 13.0 Å². The lowest BCUT2D eigenvalue weighted by atomic mass is 10.1. The SMILES string of the molecule is COc1ccc(CCN2C(=O)CC(C(N)=O)SC2=Nc2ccc(F)cc2)cc1. The predicted molar refractivity (Wildman–Crippen MR) is 107 cm³/mol. The summed E-state index contributed by atoms with van der Waals surface area (Å²) in [5.41, 5.74) is 6.93. The van der Waals surface area contributed by atoms with Crippen LogP contribution in [-0.4, -0.2) is 40.8 Å². The van der Waals surface area contributed by atoms with Gasteiger partial charge in [0.25, 0.3) is 0 Å². The minimum Gasteiger partial charge on any atom is -0.497 e. The Bertz CT molecular complexity index is 885. The molecule has 0 bridgehead atoms. The van der Waals surface area contributed by atoms with E-state index in [2.05, 4.69) is 4.99 Å². The number of primary amides is 1. The topological polar surface area (TPSA) is 85.0 Å². The van der Waals surface area contributed by atoms with Crippen LogP contribution in [0.4, 0.5) is 10.1 Å². The Kier molecular flexibility index (Phi) is 6.30. The van der Waals surface area contributed by atoms with E-state index in [4.69, 9.17) is 10.5 Å². The summed E-state index contributed by atoms with van der Waals surface area (Å²) in [5.74, 6) is -0.379. The highest BCUT2D eigenvalue weighted by atomic mass is 32.2. The number of halogens is 1. The minimum atomic E-state index is -0.663. The zero-order valence-corrected chi connectivity index (χ0v) is 16.1. The zero-order chi connectivity index (χ0) is 20.1. The largest absolute Gasteiger partial charge is 0.497 e. The van der Waals surface area contributed by atoms with Crippen molar-refractivity contribution in [3.8, 4) is 5.75 Å². The number of amides is 2. The third kappa shape index (κ3) is 4.89. The number of rotatable bonds is 6. The van der Waals surface area contributed by atoms with E-state index < -0.39 is 11.2 Å². The van der Waals surface area contributed by atoms with E-state index >= 15 is 0 Å². The number of nitrogens with two attached hydrogens (primary N) is 1. The second kappa shape index (κ2) is 8.88. The molecule has 2 amide bonds. The van der Waals surface area contributed by atoms with Gasteiger partial charge in [-0.2, -0.15) is 0 Å². The Morgan fingerprint density at radius 1 is 1.25 bits per heavy atom. The van der Waals surface area contributed by atoms with Crippen LogP contribution in [0, 0.1) is 5.82 Å². The van der Waals surface area contributed by atoms with E-state index in [0.717, 1.165) is 23.1 Å². The molecule has 3 rings (SSSR count). The molecule has 2 N–H and O–H groups in total. The molecule has 28 heavy (non-hydrogen) atoms. The fourth-order valence-corrected chi connectivity index (χ4v) is 3.81. The maximum Gasteiger partial charge on any atom is 0.231 e. The van der Waals surface area contributed by atoms with Gasteiger partial charge in [-0.1, -0.05) is 23.9 Å². The van der Waals surface area contributed by atoms with Crippen LogP contribution in [0.25, 0.3) is 0 Å².